The van der Waals surface area contributed by atoms with Crippen LogP contribution < -0.4 is 0 Å². The van der Waals surface area contributed by atoms with E-state index in [2.05, 4.69) is 0 Å². The predicted octanol–water partition coefficient (Wildman–Crippen LogP) is 2.12. The summed E-state index contributed by atoms with van der Waals surface area (Å²) in [6, 6.07) is 6.43. The van der Waals surface area contributed by atoms with Crippen LogP contribution in [0, 0.1) is 0 Å². The van der Waals surface area contributed by atoms with E-state index >= 15 is 0 Å². The number of esters is 2. The molecule has 7 nitrogen and oxygen atoms in total. The zero-order chi connectivity index (χ0) is 20.1. The Morgan fingerprint density at radius 2 is 1.93 bits per heavy atom. The molecule has 0 amide bonds. The molecular formula is C21H24O7. The molecule has 7 heteroatoms. The Morgan fingerprint density at radius 3 is 2.64 bits per heavy atom. The third-order valence-electron chi connectivity index (χ3n) is 4.87. The fourth-order valence-electron chi connectivity index (χ4n) is 3.32. The Labute approximate surface area is 163 Å². The lowest BCUT2D eigenvalue weighted by Crippen LogP contribution is -2.41. The van der Waals surface area contributed by atoms with E-state index in [-0.39, 0.29) is 11.9 Å². The van der Waals surface area contributed by atoms with Gasteiger partial charge in [-0.25, -0.2) is 9.59 Å². The van der Waals surface area contributed by atoms with E-state index in [4.69, 9.17) is 14.2 Å². The van der Waals surface area contributed by atoms with Gasteiger partial charge in [0.25, 0.3) is 0 Å². The quantitative estimate of drug-likeness (QED) is 0.568. The third-order valence-corrected chi connectivity index (χ3v) is 4.87. The molecule has 1 fully saturated rings. The fraction of sp³-hybridized carbons (Fsp3) is 0.429. The number of phenols is 1. The number of benzene rings is 1. The summed E-state index contributed by atoms with van der Waals surface area (Å²) in [7, 11) is 0. The van der Waals surface area contributed by atoms with Crippen molar-refractivity contribution in [2.75, 3.05) is 0 Å². The van der Waals surface area contributed by atoms with Crippen molar-refractivity contribution in [1.82, 2.24) is 0 Å². The summed E-state index contributed by atoms with van der Waals surface area (Å²) in [5.74, 6) is -0.811. The maximum atomic E-state index is 12.0. The lowest BCUT2D eigenvalue weighted by atomic mass is 10.0. The van der Waals surface area contributed by atoms with Crippen molar-refractivity contribution in [3.05, 3.63) is 48.1 Å². The summed E-state index contributed by atoms with van der Waals surface area (Å²) in [5, 5.41) is 19.7. The van der Waals surface area contributed by atoms with Crippen LogP contribution >= 0.6 is 0 Å². The van der Waals surface area contributed by atoms with Crippen LogP contribution in [0.5, 0.6) is 5.75 Å². The number of hydrogen-bond donors (Lipinski definition) is 2. The number of aliphatic hydroxyl groups is 1. The molecule has 2 aliphatic heterocycles. The van der Waals surface area contributed by atoms with Gasteiger partial charge in [-0.15, -0.1) is 0 Å². The molecule has 0 aromatic heterocycles. The SMILES string of the molecule is CC(OC(=O)/C=C/c1ccc(O)cc1)[C@@H]1CC[C@H](C(O)C2CC=CC(=O)O2)O1. The van der Waals surface area contributed by atoms with E-state index < -0.39 is 36.4 Å². The van der Waals surface area contributed by atoms with Gasteiger partial charge in [0.15, 0.2) is 0 Å². The van der Waals surface area contributed by atoms with Crippen LogP contribution in [0.25, 0.3) is 6.08 Å². The molecule has 2 N–H and O–H groups in total. The fourth-order valence-corrected chi connectivity index (χ4v) is 3.32. The number of cyclic esters (lactones) is 1. The molecule has 3 unspecified atom stereocenters. The highest BCUT2D eigenvalue weighted by Gasteiger charge is 2.39. The molecule has 0 bridgehead atoms. The standard InChI is InChI=1S/C21H24O7/c1-13(26-20(24)12-7-14-5-8-15(22)9-6-14)16-10-11-18(27-16)21(25)17-3-2-4-19(23)28-17/h2,4-9,12-13,16-18,21-22,25H,3,10-11H2,1H3/b12-7+/t13?,16-,17?,18+,21?/m0/s1. The first kappa shape index (κ1) is 20.1. The van der Waals surface area contributed by atoms with Crippen LogP contribution in [0.15, 0.2) is 42.5 Å². The van der Waals surface area contributed by atoms with Crippen LogP contribution in [0.4, 0.5) is 0 Å². The van der Waals surface area contributed by atoms with Gasteiger partial charge in [-0.3, -0.25) is 0 Å². The van der Waals surface area contributed by atoms with Gasteiger partial charge in [0.05, 0.1) is 12.2 Å². The molecule has 1 aromatic rings. The minimum Gasteiger partial charge on any atom is -0.508 e. The van der Waals surface area contributed by atoms with E-state index in [1.807, 2.05) is 0 Å². The highest BCUT2D eigenvalue weighted by Crippen LogP contribution is 2.29. The van der Waals surface area contributed by atoms with Gasteiger partial charge in [-0.1, -0.05) is 18.2 Å². The van der Waals surface area contributed by atoms with Crippen molar-refractivity contribution in [2.45, 2.75) is 56.7 Å². The molecule has 0 aliphatic carbocycles. The molecule has 1 saturated heterocycles. The van der Waals surface area contributed by atoms with Gasteiger partial charge in [-0.05, 0) is 43.5 Å². The van der Waals surface area contributed by atoms with Gasteiger partial charge in [-0.2, -0.15) is 0 Å². The topological polar surface area (TPSA) is 102 Å². The molecule has 2 heterocycles. The normalized spacial score (nSPS) is 26.8. The van der Waals surface area contributed by atoms with Gasteiger partial charge >= 0.3 is 11.9 Å². The second-order valence-electron chi connectivity index (χ2n) is 6.96. The van der Waals surface area contributed by atoms with Gasteiger partial charge in [0.2, 0.25) is 0 Å². The van der Waals surface area contributed by atoms with E-state index in [1.165, 1.54) is 24.3 Å². The molecule has 0 spiro atoms. The van der Waals surface area contributed by atoms with Crippen molar-refractivity contribution >= 4 is 18.0 Å². The van der Waals surface area contributed by atoms with Gasteiger partial charge < -0.3 is 24.4 Å². The maximum Gasteiger partial charge on any atom is 0.331 e. The van der Waals surface area contributed by atoms with Crippen LogP contribution in [0.2, 0.25) is 0 Å². The Hall–Kier alpha value is -2.64. The minimum atomic E-state index is -0.920. The molecule has 0 saturated carbocycles. The van der Waals surface area contributed by atoms with Crippen LogP contribution in [-0.2, 0) is 23.8 Å². The summed E-state index contributed by atoms with van der Waals surface area (Å²) in [4.78, 5) is 23.4. The first-order chi connectivity index (χ1) is 13.4. The number of hydrogen-bond acceptors (Lipinski definition) is 7. The molecule has 2 aliphatic rings. The van der Waals surface area contributed by atoms with Crippen LogP contribution in [-0.4, -0.2) is 52.7 Å². The highest BCUT2D eigenvalue weighted by atomic mass is 16.6. The van der Waals surface area contributed by atoms with Crippen LogP contribution in [0.3, 0.4) is 0 Å². The lowest BCUT2D eigenvalue weighted by Gasteiger charge is -2.28. The maximum absolute atomic E-state index is 12.0. The first-order valence-electron chi connectivity index (χ1n) is 9.31. The Balaban J connectivity index is 1.47. The molecule has 0 radical (unpaired) electrons. The number of aromatic hydroxyl groups is 1. The van der Waals surface area contributed by atoms with Gasteiger partial charge in [0.1, 0.15) is 24.1 Å². The minimum absolute atomic E-state index is 0.155. The summed E-state index contributed by atoms with van der Waals surface area (Å²) < 4.78 is 16.4. The molecule has 150 valence electrons. The largest absolute Gasteiger partial charge is 0.508 e. The average molecular weight is 388 g/mol. The number of ether oxygens (including phenoxy) is 3. The second kappa shape index (κ2) is 9.03. The monoisotopic (exact) mass is 388 g/mol. The highest BCUT2D eigenvalue weighted by molar-refractivity contribution is 5.87. The summed E-state index contributed by atoms with van der Waals surface area (Å²) in [5.41, 5.74) is 0.763. The zero-order valence-corrected chi connectivity index (χ0v) is 15.6. The number of carbonyl (C=O) groups excluding carboxylic acids is 2. The van der Waals surface area contributed by atoms with Crippen molar-refractivity contribution < 1.29 is 34.0 Å². The predicted molar refractivity (Wildman–Crippen MR) is 100 cm³/mol. The molecule has 28 heavy (non-hydrogen) atoms. The van der Waals surface area contributed by atoms with Crippen molar-refractivity contribution in [3.8, 4) is 5.75 Å². The summed E-state index contributed by atoms with van der Waals surface area (Å²) >= 11 is 0. The smallest absolute Gasteiger partial charge is 0.331 e. The summed E-state index contributed by atoms with van der Waals surface area (Å²) in [6.45, 7) is 1.75. The Morgan fingerprint density at radius 1 is 1.21 bits per heavy atom. The van der Waals surface area contributed by atoms with Crippen LogP contribution in [0.1, 0.15) is 31.7 Å². The van der Waals surface area contributed by atoms with E-state index in [9.17, 15) is 19.8 Å². The Bertz CT molecular complexity index is 753. The lowest BCUT2D eigenvalue weighted by molar-refractivity contribution is -0.164. The molecule has 1 aromatic carbocycles. The number of carbonyl (C=O) groups is 2. The van der Waals surface area contributed by atoms with Crippen molar-refractivity contribution in [1.29, 1.82) is 0 Å². The number of aliphatic hydroxyl groups excluding tert-OH is 1. The Kier molecular flexibility index (Phi) is 6.49. The molecule has 3 rings (SSSR count). The van der Waals surface area contributed by atoms with Crippen molar-refractivity contribution in [3.63, 3.8) is 0 Å². The molecular weight excluding hydrogens is 364 g/mol. The average Bonchev–Trinajstić information content (AvgIpc) is 3.17. The third kappa shape index (κ3) is 5.21. The van der Waals surface area contributed by atoms with Gasteiger partial charge in [0, 0.05) is 18.6 Å². The zero-order valence-electron chi connectivity index (χ0n) is 15.6. The molecule has 5 atom stereocenters. The number of rotatable bonds is 6. The first-order valence-corrected chi connectivity index (χ1v) is 9.31. The second-order valence-corrected chi connectivity index (χ2v) is 6.96. The van der Waals surface area contributed by atoms with E-state index in [0.29, 0.717) is 19.3 Å². The van der Waals surface area contributed by atoms with E-state index in [0.717, 1.165) is 5.56 Å². The summed E-state index contributed by atoms with van der Waals surface area (Å²) in [6.07, 6.45) is 4.79. The van der Waals surface area contributed by atoms with Crippen molar-refractivity contribution in [2.24, 2.45) is 0 Å². The van der Waals surface area contributed by atoms with E-state index in [1.54, 1.807) is 31.2 Å². The number of phenolic OH excluding ortho intramolecular Hbond substituents is 1.